The first-order valence-electron chi connectivity index (χ1n) is 4.87. The van der Waals surface area contributed by atoms with Crippen molar-refractivity contribution in [3.8, 4) is 0 Å². The summed E-state index contributed by atoms with van der Waals surface area (Å²) in [4.78, 5) is 8.42. The Kier molecular flexibility index (Phi) is 1.73. The number of pyridine rings is 1. The molecule has 1 atom stereocenters. The van der Waals surface area contributed by atoms with Crippen molar-refractivity contribution in [1.29, 1.82) is 0 Å². The quantitative estimate of drug-likeness (QED) is 0.741. The largest absolute Gasteiger partial charge is 0.437 e. The van der Waals surface area contributed by atoms with Crippen LogP contribution < -0.4 is 5.32 Å². The van der Waals surface area contributed by atoms with Gasteiger partial charge in [-0.1, -0.05) is 0 Å². The minimum absolute atomic E-state index is 0.294. The lowest BCUT2D eigenvalue weighted by Gasteiger charge is -2.02. The Morgan fingerprint density at radius 3 is 3.29 bits per heavy atom. The van der Waals surface area contributed by atoms with Gasteiger partial charge < -0.3 is 9.73 Å². The monoisotopic (exact) mass is 189 g/mol. The number of oxazole rings is 1. The Labute approximate surface area is 81.4 Å². The average Bonchev–Trinajstić information content (AvgIpc) is 2.86. The van der Waals surface area contributed by atoms with Crippen LogP contribution in [0.15, 0.2) is 22.9 Å². The van der Waals surface area contributed by atoms with Gasteiger partial charge in [0.05, 0.1) is 12.2 Å². The summed E-state index contributed by atoms with van der Waals surface area (Å²) in [6.45, 7) is 1.06. The van der Waals surface area contributed by atoms with Crippen molar-refractivity contribution in [2.24, 2.45) is 0 Å². The van der Waals surface area contributed by atoms with Crippen molar-refractivity contribution in [1.82, 2.24) is 15.3 Å². The molecular formula is C10H11N3O. The number of hydrogen-bond acceptors (Lipinski definition) is 4. The smallest absolute Gasteiger partial charge is 0.212 e. The molecule has 2 aromatic rings. The maximum Gasteiger partial charge on any atom is 0.212 e. The Bertz CT molecular complexity index is 412. The van der Waals surface area contributed by atoms with Crippen molar-refractivity contribution in [2.45, 2.75) is 18.9 Å². The van der Waals surface area contributed by atoms with Crippen LogP contribution in [0, 0.1) is 0 Å². The summed E-state index contributed by atoms with van der Waals surface area (Å²) in [7, 11) is 0. The standard InChI is InChI=1S/C10H11N3O/c1-2-8(12-4-1)10-13-7-3-5-11-6-9(7)14-10/h3,5-6,8,12H,1-2,4H2. The van der Waals surface area contributed by atoms with Crippen LogP contribution in [0.2, 0.25) is 0 Å². The molecule has 0 aliphatic carbocycles. The Morgan fingerprint density at radius 2 is 2.50 bits per heavy atom. The molecule has 72 valence electrons. The molecule has 3 heterocycles. The van der Waals surface area contributed by atoms with Gasteiger partial charge in [0.1, 0.15) is 5.52 Å². The van der Waals surface area contributed by atoms with E-state index in [1.54, 1.807) is 12.4 Å². The number of aromatic nitrogens is 2. The van der Waals surface area contributed by atoms with Gasteiger partial charge in [-0.15, -0.1) is 0 Å². The van der Waals surface area contributed by atoms with E-state index in [1.165, 1.54) is 6.42 Å². The molecule has 3 rings (SSSR count). The summed E-state index contributed by atoms with van der Waals surface area (Å²) in [6.07, 6.45) is 5.75. The van der Waals surface area contributed by atoms with E-state index in [9.17, 15) is 0 Å². The number of nitrogens with zero attached hydrogens (tertiary/aromatic N) is 2. The van der Waals surface area contributed by atoms with Gasteiger partial charge in [0, 0.05) is 6.20 Å². The van der Waals surface area contributed by atoms with Crippen LogP contribution in [0.25, 0.3) is 11.1 Å². The molecule has 1 saturated heterocycles. The normalized spacial score (nSPS) is 21.9. The average molecular weight is 189 g/mol. The molecule has 0 bridgehead atoms. The first kappa shape index (κ1) is 7.94. The third-order valence-electron chi connectivity index (χ3n) is 2.57. The highest BCUT2D eigenvalue weighted by atomic mass is 16.3. The molecule has 2 aromatic heterocycles. The number of nitrogens with one attached hydrogen (secondary N) is 1. The maximum absolute atomic E-state index is 5.62. The molecule has 1 fully saturated rings. The molecule has 0 amide bonds. The summed E-state index contributed by atoms with van der Waals surface area (Å²) in [6, 6.07) is 2.17. The zero-order valence-corrected chi connectivity index (χ0v) is 7.73. The number of rotatable bonds is 1. The molecule has 1 unspecified atom stereocenters. The Hall–Kier alpha value is -1.42. The van der Waals surface area contributed by atoms with Gasteiger partial charge >= 0.3 is 0 Å². The summed E-state index contributed by atoms with van der Waals surface area (Å²) in [5, 5.41) is 3.36. The third kappa shape index (κ3) is 1.19. The van der Waals surface area contributed by atoms with Crippen LogP contribution in [0.1, 0.15) is 24.8 Å². The van der Waals surface area contributed by atoms with Crippen LogP contribution >= 0.6 is 0 Å². The predicted octanol–water partition coefficient (Wildman–Crippen LogP) is 1.65. The summed E-state index contributed by atoms with van der Waals surface area (Å²) < 4.78 is 5.62. The first-order valence-corrected chi connectivity index (χ1v) is 4.87. The highest BCUT2D eigenvalue weighted by Gasteiger charge is 2.21. The molecule has 0 aromatic carbocycles. The molecule has 14 heavy (non-hydrogen) atoms. The second-order valence-corrected chi connectivity index (χ2v) is 3.54. The first-order chi connectivity index (χ1) is 6.93. The fraction of sp³-hybridized carbons (Fsp3) is 0.400. The van der Waals surface area contributed by atoms with Crippen molar-refractivity contribution in [2.75, 3.05) is 6.54 Å². The molecule has 1 aliphatic heterocycles. The third-order valence-corrected chi connectivity index (χ3v) is 2.57. The Morgan fingerprint density at radius 1 is 1.50 bits per heavy atom. The van der Waals surface area contributed by atoms with Gasteiger partial charge in [-0.05, 0) is 25.5 Å². The molecule has 0 spiro atoms. The van der Waals surface area contributed by atoms with E-state index in [0.29, 0.717) is 6.04 Å². The zero-order chi connectivity index (χ0) is 9.38. The Balaban J connectivity index is 2.05. The summed E-state index contributed by atoms with van der Waals surface area (Å²) in [5.74, 6) is 0.797. The van der Waals surface area contributed by atoms with Crippen molar-refractivity contribution in [3.05, 3.63) is 24.4 Å². The van der Waals surface area contributed by atoms with Gasteiger partial charge in [0.2, 0.25) is 5.89 Å². The molecule has 4 nitrogen and oxygen atoms in total. The number of hydrogen-bond donors (Lipinski definition) is 1. The van der Waals surface area contributed by atoms with Gasteiger partial charge in [-0.25, -0.2) is 4.98 Å². The van der Waals surface area contributed by atoms with E-state index in [-0.39, 0.29) is 0 Å². The lowest BCUT2D eigenvalue weighted by Crippen LogP contribution is -2.12. The highest BCUT2D eigenvalue weighted by Crippen LogP contribution is 2.25. The van der Waals surface area contributed by atoms with Gasteiger partial charge in [0.15, 0.2) is 5.58 Å². The van der Waals surface area contributed by atoms with Gasteiger partial charge in [-0.3, -0.25) is 4.98 Å². The summed E-state index contributed by atoms with van der Waals surface area (Å²) >= 11 is 0. The van der Waals surface area contributed by atoms with Gasteiger partial charge in [0.25, 0.3) is 0 Å². The molecular weight excluding hydrogens is 178 g/mol. The molecule has 0 radical (unpaired) electrons. The zero-order valence-electron chi connectivity index (χ0n) is 7.73. The van der Waals surface area contributed by atoms with Crippen LogP contribution in [-0.4, -0.2) is 16.5 Å². The second kappa shape index (κ2) is 3.06. The van der Waals surface area contributed by atoms with E-state index < -0.39 is 0 Å². The van der Waals surface area contributed by atoms with E-state index in [1.807, 2.05) is 6.07 Å². The highest BCUT2D eigenvalue weighted by molar-refractivity contribution is 5.70. The molecule has 1 N–H and O–H groups in total. The van der Waals surface area contributed by atoms with Gasteiger partial charge in [-0.2, -0.15) is 0 Å². The molecule has 4 heteroatoms. The predicted molar refractivity (Wildman–Crippen MR) is 51.8 cm³/mol. The van der Waals surface area contributed by atoms with Crippen molar-refractivity contribution < 1.29 is 4.42 Å². The van der Waals surface area contributed by atoms with E-state index in [2.05, 4.69) is 15.3 Å². The van der Waals surface area contributed by atoms with Crippen LogP contribution in [0.4, 0.5) is 0 Å². The minimum atomic E-state index is 0.294. The fourth-order valence-corrected chi connectivity index (χ4v) is 1.84. The topological polar surface area (TPSA) is 51.0 Å². The minimum Gasteiger partial charge on any atom is -0.437 e. The van der Waals surface area contributed by atoms with Crippen molar-refractivity contribution >= 4 is 11.1 Å². The van der Waals surface area contributed by atoms with E-state index in [4.69, 9.17) is 4.42 Å². The fourth-order valence-electron chi connectivity index (χ4n) is 1.84. The van der Waals surface area contributed by atoms with Crippen LogP contribution in [0.3, 0.4) is 0 Å². The lowest BCUT2D eigenvalue weighted by molar-refractivity contribution is 0.451. The van der Waals surface area contributed by atoms with Crippen molar-refractivity contribution in [3.63, 3.8) is 0 Å². The maximum atomic E-state index is 5.62. The van der Waals surface area contributed by atoms with E-state index >= 15 is 0 Å². The molecule has 0 saturated carbocycles. The SMILES string of the molecule is c1cc2nc(C3CCCN3)oc2cn1. The lowest BCUT2D eigenvalue weighted by atomic mass is 10.2. The van der Waals surface area contributed by atoms with Crippen LogP contribution in [-0.2, 0) is 0 Å². The van der Waals surface area contributed by atoms with E-state index in [0.717, 1.165) is 30.0 Å². The summed E-state index contributed by atoms with van der Waals surface area (Å²) in [5.41, 5.74) is 1.67. The number of fused-ring (bicyclic) bond motifs is 1. The van der Waals surface area contributed by atoms with Crippen LogP contribution in [0.5, 0.6) is 0 Å². The second-order valence-electron chi connectivity index (χ2n) is 3.54. The molecule has 1 aliphatic rings.